The topological polar surface area (TPSA) is 41.5 Å². The predicted octanol–water partition coefficient (Wildman–Crippen LogP) is 2.96. The van der Waals surface area contributed by atoms with E-state index >= 15 is 0 Å². The van der Waals surface area contributed by atoms with Crippen LogP contribution in [0.1, 0.15) is 25.8 Å². The summed E-state index contributed by atoms with van der Waals surface area (Å²) >= 11 is 3.48. The van der Waals surface area contributed by atoms with E-state index in [0.29, 0.717) is 0 Å². The van der Waals surface area contributed by atoms with E-state index < -0.39 is 0 Å². The molecule has 0 aliphatic heterocycles. The van der Waals surface area contributed by atoms with E-state index in [-0.39, 0.29) is 12.5 Å². The summed E-state index contributed by atoms with van der Waals surface area (Å²) in [4.78, 5) is 0. The average molecular weight is 316 g/mol. The number of halogens is 1. The molecule has 1 aromatic carbocycles. The molecule has 0 aromatic heterocycles. The van der Waals surface area contributed by atoms with Crippen molar-refractivity contribution in [2.75, 3.05) is 19.8 Å². The van der Waals surface area contributed by atoms with E-state index in [1.54, 1.807) is 0 Å². The summed E-state index contributed by atoms with van der Waals surface area (Å²) in [6, 6.07) is 6.05. The predicted molar refractivity (Wildman–Crippen MR) is 77.9 cm³/mol. The van der Waals surface area contributed by atoms with Crippen molar-refractivity contribution in [1.82, 2.24) is 5.32 Å². The van der Waals surface area contributed by atoms with E-state index in [1.807, 2.05) is 19.1 Å². The Morgan fingerprint density at radius 3 is 2.89 bits per heavy atom. The van der Waals surface area contributed by atoms with Gasteiger partial charge in [0.1, 0.15) is 5.75 Å². The van der Waals surface area contributed by atoms with Gasteiger partial charge in [-0.05, 0) is 30.5 Å². The van der Waals surface area contributed by atoms with Crippen LogP contribution in [0.25, 0.3) is 0 Å². The molecule has 1 atom stereocenters. The minimum absolute atomic E-state index is 0.213. The summed E-state index contributed by atoms with van der Waals surface area (Å²) in [5.74, 6) is 1.21. The van der Waals surface area contributed by atoms with Gasteiger partial charge < -0.3 is 15.2 Å². The van der Waals surface area contributed by atoms with Gasteiger partial charge in [-0.3, -0.25) is 0 Å². The minimum Gasteiger partial charge on any atom is -0.493 e. The highest BCUT2D eigenvalue weighted by molar-refractivity contribution is 9.10. The zero-order valence-electron chi connectivity index (χ0n) is 11.1. The molecule has 0 spiro atoms. The maximum Gasteiger partial charge on any atom is 0.123 e. The Labute approximate surface area is 118 Å². The first-order valence-corrected chi connectivity index (χ1v) is 7.19. The first-order valence-electron chi connectivity index (χ1n) is 6.40. The van der Waals surface area contributed by atoms with Crippen LogP contribution in [-0.2, 0) is 6.54 Å². The molecule has 0 amide bonds. The van der Waals surface area contributed by atoms with Gasteiger partial charge in [0.2, 0.25) is 0 Å². The number of nitrogens with one attached hydrogen (secondary N) is 1. The van der Waals surface area contributed by atoms with Crippen molar-refractivity contribution < 1.29 is 9.84 Å². The molecule has 0 fully saturated rings. The van der Waals surface area contributed by atoms with Crippen LogP contribution in [0, 0.1) is 5.92 Å². The lowest BCUT2D eigenvalue weighted by Crippen LogP contribution is -2.23. The lowest BCUT2D eigenvalue weighted by molar-refractivity contribution is 0.233. The monoisotopic (exact) mass is 315 g/mol. The molecule has 2 N–H and O–H groups in total. The molecule has 4 heteroatoms. The van der Waals surface area contributed by atoms with Crippen LogP contribution in [0.2, 0.25) is 0 Å². The first-order chi connectivity index (χ1) is 8.67. The van der Waals surface area contributed by atoms with Gasteiger partial charge in [0, 0.05) is 29.7 Å². The first kappa shape index (κ1) is 15.5. The van der Waals surface area contributed by atoms with Crippen molar-refractivity contribution in [2.24, 2.45) is 5.92 Å². The van der Waals surface area contributed by atoms with Gasteiger partial charge in [0.15, 0.2) is 0 Å². The zero-order chi connectivity index (χ0) is 13.4. The van der Waals surface area contributed by atoms with Crippen molar-refractivity contribution in [3.05, 3.63) is 28.2 Å². The van der Waals surface area contributed by atoms with Crippen molar-refractivity contribution in [3.8, 4) is 5.75 Å². The molecule has 0 aliphatic carbocycles. The number of rotatable bonds is 8. The molecule has 0 radical (unpaired) electrons. The summed E-state index contributed by atoms with van der Waals surface area (Å²) in [5.41, 5.74) is 1.14. The van der Waals surface area contributed by atoms with Gasteiger partial charge in [-0.25, -0.2) is 0 Å². The van der Waals surface area contributed by atoms with Crippen LogP contribution < -0.4 is 10.1 Å². The molecular formula is C14H22BrNO2. The van der Waals surface area contributed by atoms with Crippen LogP contribution in [-0.4, -0.2) is 24.9 Å². The molecule has 3 nitrogen and oxygen atoms in total. The number of aliphatic hydroxyl groups excluding tert-OH is 1. The fraction of sp³-hybridized carbons (Fsp3) is 0.571. The zero-order valence-corrected chi connectivity index (χ0v) is 12.7. The Morgan fingerprint density at radius 2 is 2.22 bits per heavy atom. The summed E-state index contributed by atoms with van der Waals surface area (Å²) in [6.07, 6.45) is 1.00. The lowest BCUT2D eigenvalue weighted by Gasteiger charge is -2.14. The quantitative estimate of drug-likeness (QED) is 0.775. The standard InChI is InChI=1S/C14H22BrNO2/c1-3-6-18-14-5-4-13(15)7-12(14)9-16-8-11(2)10-17/h4-5,7,11,16-17H,3,6,8-10H2,1-2H3. The lowest BCUT2D eigenvalue weighted by atomic mass is 10.1. The van der Waals surface area contributed by atoms with Gasteiger partial charge in [0.25, 0.3) is 0 Å². The summed E-state index contributed by atoms with van der Waals surface area (Å²) in [6.45, 7) is 6.62. The van der Waals surface area contributed by atoms with Crippen LogP contribution in [0.4, 0.5) is 0 Å². The second kappa shape index (κ2) is 8.51. The fourth-order valence-electron chi connectivity index (χ4n) is 1.56. The molecule has 1 rings (SSSR count). The average Bonchev–Trinajstić information content (AvgIpc) is 2.37. The molecular weight excluding hydrogens is 294 g/mol. The summed E-state index contributed by atoms with van der Waals surface area (Å²) < 4.78 is 6.77. The number of hydrogen-bond donors (Lipinski definition) is 2. The smallest absolute Gasteiger partial charge is 0.123 e. The Kier molecular flexibility index (Phi) is 7.32. The molecule has 1 unspecified atom stereocenters. The third-order valence-corrected chi connectivity index (χ3v) is 3.10. The van der Waals surface area contributed by atoms with E-state index in [9.17, 15) is 0 Å². The molecule has 1 aromatic rings. The number of aliphatic hydroxyl groups is 1. The molecule has 102 valence electrons. The van der Waals surface area contributed by atoms with Crippen LogP contribution in [0.5, 0.6) is 5.75 Å². The highest BCUT2D eigenvalue weighted by Crippen LogP contribution is 2.23. The van der Waals surface area contributed by atoms with E-state index in [2.05, 4.69) is 34.2 Å². The Bertz CT molecular complexity index is 358. The summed E-state index contributed by atoms with van der Waals surface area (Å²) in [7, 11) is 0. The molecule has 0 bridgehead atoms. The van der Waals surface area contributed by atoms with Gasteiger partial charge in [-0.2, -0.15) is 0 Å². The van der Waals surface area contributed by atoms with Gasteiger partial charge in [0.05, 0.1) is 6.61 Å². The van der Waals surface area contributed by atoms with Gasteiger partial charge in [-0.1, -0.05) is 29.8 Å². The van der Waals surface area contributed by atoms with E-state index in [4.69, 9.17) is 9.84 Å². The Morgan fingerprint density at radius 1 is 1.44 bits per heavy atom. The summed E-state index contributed by atoms with van der Waals surface area (Å²) in [5, 5.41) is 12.3. The molecule has 0 saturated heterocycles. The maximum atomic E-state index is 8.97. The highest BCUT2D eigenvalue weighted by Gasteiger charge is 2.05. The maximum absolute atomic E-state index is 8.97. The third kappa shape index (κ3) is 5.38. The van der Waals surface area contributed by atoms with Crippen LogP contribution in [0.3, 0.4) is 0 Å². The minimum atomic E-state index is 0.213. The molecule has 18 heavy (non-hydrogen) atoms. The molecule has 0 aliphatic rings. The molecule has 0 saturated carbocycles. The normalized spacial score (nSPS) is 12.4. The number of ether oxygens (including phenoxy) is 1. The largest absolute Gasteiger partial charge is 0.493 e. The van der Waals surface area contributed by atoms with Crippen molar-refractivity contribution in [1.29, 1.82) is 0 Å². The molecule has 0 heterocycles. The van der Waals surface area contributed by atoms with E-state index in [0.717, 1.165) is 41.9 Å². The van der Waals surface area contributed by atoms with Crippen molar-refractivity contribution in [3.63, 3.8) is 0 Å². The van der Waals surface area contributed by atoms with Crippen LogP contribution >= 0.6 is 15.9 Å². The van der Waals surface area contributed by atoms with Gasteiger partial charge in [-0.15, -0.1) is 0 Å². The van der Waals surface area contributed by atoms with E-state index in [1.165, 1.54) is 0 Å². The third-order valence-electron chi connectivity index (χ3n) is 2.60. The second-order valence-electron chi connectivity index (χ2n) is 4.52. The SMILES string of the molecule is CCCOc1ccc(Br)cc1CNCC(C)CO. The number of benzene rings is 1. The van der Waals surface area contributed by atoms with Gasteiger partial charge >= 0.3 is 0 Å². The Hall–Kier alpha value is -0.580. The number of hydrogen-bond acceptors (Lipinski definition) is 3. The fourth-order valence-corrected chi connectivity index (χ4v) is 1.97. The Balaban J connectivity index is 2.58. The highest BCUT2D eigenvalue weighted by atomic mass is 79.9. The van der Waals surface area contributed by atoms with Crippen molar-refractivity contribution in [2.45, 2.75) is 26.8 Å². The van der Waals surface area contributed by atoms with Crippen LogP contribution in [0.15, 0.2) is 22.7 Å². The second-order valence-corrected chi connectivity index (χ2v) is 5.43. The van der Waals surface area contributed by atoms with Crippen molar-refractivity contribution >= 4 is 15.9 Å².